The number of rotatable bonds is 9. The maximum Gasteiger partial charge on any atom is 0.407 e. The van der Waals surface area contributed by atoms with Gasteiger partial charge in [-0.2, -0.15) is 0 Å². The highest BCUT2D eigenvalue weighted by molar-refractivity contribution is 5.80. The number of nitrogens with two attached hydrogens (primary N) is 1. The Morgan fingerprint density at radius 1 is 1.25 bits per heavy atom. The zero-order valence-corrected chi connectivity index (χ0v) is 9.54. The summed E-state index contributed by atoms with van der Waals surface area (Å²) in [4.78, 5) is 21.3. The fraction of sp³-hybridized carbons (Fsp3) is 0.636. The molecule has 0 rings (SSSR count). The number of hydrogen-bond acceptors (Lipinski definition) is 3. The van der Waals surface area contributed by atoms with E-state index in [9.17, 15) is 9.59 Å². The molecule has 3 N–H and O–H groups in total. The first kappa shape index (κ1) is 14.5. The summed E-state index contributed by atoms with van der Waals surface area (Å²) in [5, 5.41) is 2.24. The summed E-state index contributed by atoms with van der Waals surface area (Å²) in [6, 6.07) is 0. The zero-order chi connectivity index (χ0) is 12.2. The molecule has 0 aromatic carbocycles. The Bertz CT molecular complexity index is 229. The average Bonchev–Trinajstić information content (AvgIpc) is 2.25. The van der Waals surface area contributed by atoms with Gasteiger partial charge in [0.25, 0.3) is 0 Å². The van der Waals surface area contributed by atoms with Gasteiger partial charge in [-0.3, -0.25) is 4.79 Å². The second-order valence-electron chi connectivity index (χ2n) is 3.45. The molecule has 0 saturated carbocycles. The summed E-state index contributed by atoms with van der Waals surface area (Å²) in [5.74, 6) is -0.582. The molecule has 0 atom stereocenters. The average molecular weight is 228 g/mol. The van der Waals surface area contributed by atoms with E-state index in [1.54, 1.807) is 0 Å². The lowest BCUT2D eigenvalue weighted by molar-refractivity contribution is -0.117. The Balaban J connectivity index is 3.21. The largest absolute Gasteiger partial charge is 0.450 e. The van der Waals surface area contributed by atoms with Gasteiger partial charge in [0, 0.05) is 0 Å². The van der Waals surface area contributed by atoms with Crippen LogP contribution in [0.25, 0.3) is 0 Å². The number of hydrogen-bond donors (Lipinski definition) is 2. The predicted molar refractivity (Wildman–Crippen MR) is 61.8 cm³/mol. The number of ether oxygens (including phenoxy) is 1. The van der Waals surface area contributed by atoms with Crippen molar-refractivity contribution in [2.24, 2.45) is 5.73 Å². The molecule has 0 unspecified atom stereocenters. The van der Waals surface area contributed by atoms with Gasteiger partial charge in [-0.15, -0.1) is 6.58 Å². The molecular weight excluding hydrogens is 208 g/mol. The van der Waals surface area contributed by atoms with Gasteiger partial charge in [-0.1, -0.05) is 18.9 Å². The third kappa shape index (κ3) is 10.6. The summed E-state index contributed by atoms with van der Waals surface area (Å²) in [6.07, 6.45) is 6.42. The minimum Gasteiger partial charge on any atom is -0.450 e. The Hall–Kier alpha value is -1.52. The number of amides is 2. The van der Waals surface area contributed by atoms with Crippen LogP contribution in [0.3, 0.4) is 0 Å². The van der Waals surface area contributed by atoms with Crippen molar-refractivity contribution in [1.82, 2.24) is 5.32 Å². The van der Waals surface area contributed by atoms with E-state index in [0.717, 1.165) is 32.1 Å². The van der Waals surface area contributed by atoms with Crippen molar-refractivity contribution in [1.29, 1.82) is 0 Å². The Kier molecular flexibility index (Phi) is 9.06. The van der Waals surface area contributed by atoms with E-state index >= 15 is 0 Å². The van der Waals surface area contributed by atoms with Crippen molar-refractivity contribution in [2.45, 2.75) is 32.1 Å². The van der Waals surface area contributed by atoms with Crippen LogP contribution < -0.4 is 11.1 Å². The molecule has 92 valence electrons. The van der Waals surface area contributed by atoms with Gasteiger partial charge in [0.05, 0.1) is 13.2 Å². The quantitative estimate of drug-likeness (QED) is 0.461. The highest BCUT2D eigenvalue weighted by Crippen LogP contribution is 2.03. The van der Waals surface area contributed by atoms with Crippen molar-refractivity contribution in [3.63, 3.8) is 0 Å². The molecule has 0 aromatic heterocycles. The van der Waals surface area contributed by atoms with Gasteiger partial charge in [-0.05, 0) is 19.3 Å². The van der Waals surface area contributed by atoms with Crippen molar-refractivity contribution >= 4 is 12.0 Å². The smallest absolute Gasteiger partial charge is 0.407 e. The van der Waals surface area contributed by atoms with Crippen LogP contribution in [0.4, 0.5) is 4.79 Å². The van der Waals surface area contributed by atoms with Crippen LogP contribution in [0.2, 0.25) is 0 Å². The number of primary amides is 1. The standard InChI is InChI=1S/C11H20N2O3/c1-2-3-4-5-6-7-8-16-11(15)13-9-10(12)14/h2H,1,3-9H2,(H2,12,14)(H,13,15). The minimum absolute atomic E-state index is 0.182. The second-order valence-corrected chi connectivity index (χ2v) is 3.45. The maximum atomic E-state index is 10.9. The van der Waals surface area contributed by atoms with E-state index in [2.05, 4.69) is 11.9 Å². The van der Waals surface area contributed by atoms with Crippen molar-refractivity contribution < 1.29 is 14.3 Å². The SMILES string of the molecule is C=CCCCCCCOC(=O)NCC(N)=O. The minimum atomic E-state index is -0.593. The molecule has 0 aliphatic heterocycles. The summed E-state index contributed by atoms with van der Waals surface area (Å²) in [5.41, 5.74) is 4.85. The van der Waals surface area contributed by atoms with Crippen LogP contribution in [0.15, 0.2) is 12.7 Å². The van der Waals surface area contributed by atoms with Crippen molar-refractivity contribution in [3.05, 3.63) is 12.7 Å². The second kappa shape index (κ2) is 10.0. The number of alkyl carbamates (subject to hydrolysis) is 1. The number of allylic oxidation sites excluding steroid dienone is 1. The third-order valence-electron chi connectivity index (χ3n) is 1.94. The fourth-order valence-electron chi connectivity index (χ4n) is 1.12. The van der Waals surface area contributed by atoms with Gasteiger partial charge in [0.2, 0.25) is 5.91 Å². The summed E-state index contributed by atoms with van der Waals surface area (Å²) in [6.45, 7) is 3.83. The van der Waals surface area contributed by atoms with Crippen LogP contribution in [-0.2, 0) is 9.53 Å². The highest BCUT2D eigenvalue weighted by Gasteiger charge is 2.02. The third-order valence-corrected chi connectivity index (χ3v) is 1.94. The van der Waals surface area contributed by atoms with Crippen LogP contribution in [0.5, 0.6) is 0 Å². The topological polar surface area (TPSA) is 81.4 Å². The molecule has 5 heteroatoms. The normalized spacial score (nSPS) is 9.50. The Morgan fingerprint density at radius 3 is 2.56 bits per heavy atom. The van der Waals surface area contributed by atoms with E-state index in [-0.39, 0.29) is 6.54 Å². The lowest BCUT2D eigenvalue weighted by Gasteiger charge is -2.05. The van der Waals surface area contributed by atoms with Crippen LogP contribution in [-0.4, -0.2) is 25.2 Å². The number of nitrogens with one attached hydrogen (secondary N) is 1. The first-order chi connectivity index (χ1) is 7.66. The van der Waals surface area contributed by atoms with Gasteiger partial charge >= 0.3 is 6.09 Å². The maximum absolute atomic E-state index is 10.9. The van der Waals surface area contributed by atoms with E-state index < -0.39 is 12.0 Å². The van der Waals surface area contributed by atoms with Gasteiger partial charge in [0.1, 0.15) is 0 Å². The van der Waals surface area contributed by atoms with E-state index in [4.69, 9.17) is 10.5 Å². The molecular formula is C11H20N2O3. The lowest BCUT2D eigenvalue weighted by atomic mass is 10.1. The first-order valence-electron chi connectivity index (χ1n) is 5.46. The molecule has 0 aromatic rings. The van der Waals surface area contributed by atoms with Crippen LogP contribution in [0.1, 0.15) is 32.1 Å². The number of carbonyl (C=O) groups is 2. The number of carbonyl (C=O) groups excluding carboxylic acids is 2. The predicted octanol–water partition coefficient (Wildman–Crippen LogP) is 1.33. The molecule has 2 amide bonds. The monoisotopic (exact) mass is 228 g/mol. The van der Waals surface area contributed by atoms with Crippen LogP contribution in [0, 0.1) is 0 Å². The van der Waals surface area contributed by atoms with Crippen molar-refractivity contribution in [3.8, 4) is 0 Å². The Labute approximate surface area is 96.0 Å². The molecule has 5 nitrogen and oxygen atoms in total. The molecule has 0 aliphatic rings. The molecule has 0 bridgehead atoms. The van der Waals surface area contributed by atoms with Gasteiger partial charge in [-0.25, -0.2) is 4.79 Å². The highest BCUT2D eigenvalue weighted by atomic mass is 16.5. The Morgan fingerprint density at radius 2 is 1.94 bits per heavy atom. The molecule has 0 spiro atoms. The van der Waals surface area contributed by atoms with Gasteiger partial charge < -0.3 is 15.8 Å². The molecule has 0 fully saturated rings. The molecule has 0 radical (unpaired) electrons. The fourth-order valence-corrected chi connectivity index (χ4v) is 1.12. The van der Waals surface area contributed by atoms with E-state index in [0.29, 0.717) is 6.61 Å². The van der Waals surface area contributed by atoms with Crippen LogP contribution >= 0.6 is 0 Å². The van der Waals surface area contributed by atoms with Crippen molar-refractivity contribution in [2.75, 3.05) is 13.2 Å². The number of unbranched alkanes of at least 4 members (excludes halogenated alkanes) is 4. The summed E-state index contributed by atoms with van der Waals surface area (Å²) in [7, 11) is 0. The zero-order valence-electron chi connectivity index (χ0n) is 9.54. The lowest BCUT2D eigenvalue weighted by Crippen LogP contribution is -2.33. The first-order valence-corrected chi connectivity index (χ1v) is 5.46. The molecule has 0 saturated heterocycles. The molecule has 0 heterocycles. The van der Waals surface area contributed by atoms with Gasteiger partial charge in [0.15, 0.2) is 0 Å². The molecule has 16 heavy (non-hydrogen) atoms. The summed E-state index contributed by atoms with van der Waals surface area (Å²) >= 11 is 0. The molecule has 0 aliphatic carbocycles. The van der Waals surface area contributed by atoms with E-state index in [1.807, 2.05) is 6.08 Å². The van der Waals surface area contributed by atoms with E-state index in [1.165, 1.54) is 0 Å². The summed E-state index contributed by atoms with van der Waals surface area (Å²) < 4.78 is 4.82.